The van der Waals surface area contributed by atoms with E-state index in [9.17, 15) is 9.59 Å². The second-order valence-corrected chi connectivity index (χ2v) is 7.80. The summed E-state index contributed by atoms with van der Waals surface area (Å²) in [5, 5.41) is 0. The molecule has 0 bridgehead atoms. The van der Waals surface area contributed by atoms with E-state index in [0.717, 1.165) is 51.4 Å². The van der Waals surface area contributed by atoms with Crippen LogP contribution in [0.15, 0.2) is 24.3 Å². The largest absolute Gasteiger partial charge is 0.459 e. The fourth-order valence-electron chi connectivity index (χ4n) is 4.11. The molecule has 0 aromatic rings. The molecule has 0 N–H and O–H groups in total. The van der Waals surface area contributed by atoms with Gasteiger partial charge >= 0.3 is 11.9 Å². The molecule has 0 atom stereocenters. The molecule has 0 amide bonds. The lowest BCUT2D eigenvalue weighted by molar-refractivity contribution is -0.148. The number of hydrogen-bond acceptors (Lipinski definition) is 4. The SMILES string of the molecule is C=C(CC)C(=O)OC1CCC(C2CCC(OC(=O)C(=C)CC)CC2)CC1. The van der Waals surface area contributed by atoms with Crippen molar-refractivity contribution in [1.82, 2.24) is 0 Å². The van der Waals surface area contributed by atoms with E-state index in [1.54, 1.807) is 0 Å². The van der Waals surface area contributed by atoms with Crippen molar-refractivity contribution in [3.05, 3.63) is 24.3 Å². The number of ether oxygens (including phenoxy) is 2. The molecule has 4 nitrogen and oxygen atoms in total. The molecular formula is C22H34O4. The third kappa shape index (κ3) is 5.72. The molecule has 0 aromatic heterocycles. The van der Waals surface area contributed by atoms with Gasteiger partial charge in [-0.3, -0.25) is 0 Å². The van der Waals surface area contributed by atoms with Crippen LogP contribution in [0.1, 0.15) is 78.1 Å². The van der Waals surface area contributed by atoms with Crippen LogP contribution in [0.25, 0.3) is 0 Å². The first-order chi connectivity index (χ1) is 12.4. The van der Waals surface area contributed by atoms with Crippen LogP contribution >= 0.6 is 0 Å². The normalized spacial score (nSPS) is 28.8. The van der Waals surface area contributed by atoms with E-state index < -0.39 is 0 Å². The molecule has 0 aromatic carbocycles. The van der Waals surface area contributed by atoms with Crippen LogP contribution < -0.4 is 0 Å². The monoisotopic (exact) mass is 362 g/mol. The van der Waals surface area contributed by atoms with Crippen LogP contribution in [0, 0.1) is 11.8 Å². The minimum Gasteiger partial charge on any atom is -0.459 e. The lowest BCUT2D eigenvalue weighted by atomic mass is 9.72. The molecule has 2 saturated carbocycles. The number of rotatable bonds is 7. The van der Waals surface area contributed by atoms with Crippen LogP contribution in [0.2, 0.25) is 0 Å². The third-order valence-corrected chi connectivity index (χ3v) is 6.08. The number of carbonyl (C=O) groups excluding carboxylic acids is 2. The summed E-state index contributed by atoms with van der Waals surface area (Å²) in [7, 11) is 0. The highest BCUT2D eigenvalue weighted by Crippen LogP contribution is 2.39. The molecule has 0 radical (unpaired) electrons. The van der Waals surface area contributed by atoms with E-state index in [2.05, 4.69) is 13.2 Å². The fraction of sp³-hybridized carbons (Fsp3) is 0.727. The molecule has 0 spiro atoms. The molecule has 26 heavy (non-hydrogen) atoms. The van der Waals surface area contributed by atoms with Gasteiger partial charge in [0.25, 0.3) is 0 Å². The lowest BCUT2D eigenvalue weighted by Crippen LogP contribution is -2.32. The van der Waals surface area contributed by atoms with E-state index in [1.807, 2.05) is 13.8 Å². The quantitative estimate of drug-likeness (QED) is 0.466. The van der Waals surface area contributed by atoms with Crippen LogP contribution in [-0.4, -0.2) is 24.1 Å². The lowest BCUT2D eigenvalue weighted by Gasteiger charge is -2.37. The molecule has 0 unspecified atom stereocenters. The topological polar surface area (TPSA) is 52.6 Å². The van der Waals surface area contributed by atoms with E-state index in [-0.39, 0.29) is 24.1 Å². The van der Waals surface area contributed by atoms with Gasteiger partial charge in [-0.05, 0) is 76.0 Å². The summed E-state index contributed by atoms with van der Waals surface area (Å²) < 4.78 is 11.1. The average molecular weight is 363 g/mol. The van der Waals surface area contributed by atoms with Crippen molar-refractivity contribution in [3.63, 3.8) is 0 Å². The van der Waals surface area contributed by atoms with Crippen molar-refractivity contribution in [3.8, 4) is 0 Å². The number of carbonyl (C=O) groups is 2. The van der Waals surface area contributed by atoms with Gasteiger partial charge in [0.1, 0.15) is 12.2 Å². The Morgan fingerprint density at radius 1 is 0.692 bits per heavy atom. The summed E-state index contributed by atoms with van der Waals surface area (Å²) in [5.74, 6) is 0.960. The first-order valence-electron chi connectivity index (χ1n) is 10.2. The Balaban J connectivity index is 1.70. The third-order valence-electron chi connectivity index (χ3n) is 6.08. The Hall–Kier alpha value is -1.58. The van der Waals surface area contributed by atoms with Crippen LogP contribution in [0.4, 0.5) is 0 Å². The van der Waals surface area contributed by atoms with E-state index in [0.29, 0.717) is 35.8 Å². The van der Waals surface area contributed by atoms with E-state index in [4.69, 9.17) is 9.47 Å². The van der Waals surface area contributed by atoms with Gasteiger partial charge in [0, 0.05) is 11.1 Å². The maximum absolute atomic E-state index is 11.8. The van der Waals surface area contributed by atoms with Gasteiger partial charge in [0.2, 0.25) is 0 Å². The minimum atomic E-state index is -0.230. The van der Waals surface area contributed by atoms with Crippen molar-refractivity contribution >= 4 is 11.9 Å². The number of hydrogen-bond donors (Lipinski definition) is 0. The first kappa shape index (κ1) is 20.7. The van der Waals surface area contributed by atoms with Gasteiger partial charge in [-0.25, -0.2) is 9.59 Å². The molecule has 2 aliphatic rings. The molecule has 0 saturated heterocycles. The highest BCUT2D eigenvalue weighted by atomic mass is 16.5. The van der Waals surface area contributed by atoms with Crippen LogP contribution in [-0.2, 0) is 19.1 Å². The molecule has 2 fully saturated rings. The standard InChI is InChI=1S/C22H34O4/c1-5-15(3)21(23)25-19-11-7-17(8-12-19)18-9-13-20(14-10-18)26-22(24)16(4)6-2/h17-20H,3-14H2,1-2H3. The van der Waals surface area contributed by atoms with Gasteiger partial charge in [-0.15, -0.1) is 0 Å². The molecule has 4 heteroatoms. The molecular weight excluding hydrogens is 328 g/mol. The molecule has 2 aliphatic carbocycles. The fourth-order valence-corrected chi connectivity index (χ4v) is 4.11. The van der Waals surface area contributed by atoms with Crippen molar-refractivity contribution < 1.29 is 19.1 Å². The van der Waals surface area contributed by atoms with Crippen LogP contribution in [0.3, 0.4) is 0 Å². The Bertz CT molecular complexity index is 472. The van der Waals surface area contributed by atoms with Crippen molar-refractivity contribution in [2.45, 2.75) is 90.3 Å². The van der Waals surface area contributed by atoms with Gasteiger partial charge < -0.3 is 9.47 Å². The Morgan fingerprint density at radius 2 is 1.00 bits per heavy atom. The summed E-state index contributed by atoms with van der Waals surface area (Å²) >= 11 is 0. The predicted octanol–water partition coefficient (Wildman–Crippen LogP) is 5.12. The second kappa shape index (κ2) is 9.94. The Labute approximate surface area is 158 Å². The predicted molar refractivity (Wildman–Crippen MR) is 103 cm³/mol. The molecule has 0 heterocycles. The van der Waals surface area contributed by atoms with Gasteiger partial charge in [-0.1, -0.05) is 27.0 Å². The Morgan fingerprint density at radius 3 is 1.27 bits per heavy atom. The summed E-state index contributed by atoms with van der Waals surface area (Å²) in [6.45, 7) is 11.4. The zero-order valence-electron chi connectivity index (χ0n) is 16.4. The maximum Gasteiger partial charge on any atom is 0.333 e. The Kier molecular flexibility index (Phi) is 7.92. The molecule has 0 aliphatic heterocycles. The summed E-state index contributed by atoms with van der Waals surface area (Å²) in [4.78, 5) is 23.7. The minimum absolute atomic E-state index is 0.0550. The van der Waals surface area contributed by atoms with Crippen LogP contribution in [0.5, 0.6) is 0 Å². The summed E-state index contributed by atoms with van der Waals surface area (Å²) in [5.41, 5.74) is 1.12. The highest BCUT2D eigenvalue weighted by molar-refractivity contribution is 5.88. The van der Waals surface area contributed by atoms with Gasteiger partial charge in [0.05, 0.1) is 0 Å². The average Bonchev–Trinajstić information content (AvgIpc) is 2.67. The van der Waals surface area contributed by atoms with Gasteiger partial charge in [-0.2, -0.15) is 0 Å². The maximum atomic E-state index is 11.8. The molecule has 146 valence electrons. The van der Waals surface area contributed by atoms with E-state index in [1.165, 1.54) is 0 Å². The second-order valence-electron chi connectivity index (χ2n) is 7.80. The smallest absolute Gasteiger partial charge is 0.333 e. The van der Waals surface area contributed by atoms with E-state index >= 15 is 0 Å². The highest BCUT2D eigenvalue weighted by Gasteiger charge is 2.33. The summed E-state index contributed by atoms with van der Waals surface area (Å²) in [6, 6.07) is 0. The zero-order chi connectivity index (χ0) is 19.1. The van der Waals surface area contributed by atoms with Crippen molar-refractivity contribution in [2.24, 2.45) is 11.8 Å². The van der Waals surface area contributed by atoms with Crippen molar-refractivity contribution in [1.29, 1.82) is 0 Å². The summed E-state index contributed by atoms with van der Waals surface area (Å²) in [6.07, 6.45) is 9.72. The van der Waals surface area contributed by atoms with Crippen molar-refractivity contribution in [2.75, 3.05) is 0 Å². The zero-order valence-corrected chi connectivity index (χ0v) is 16.4. The van der Waals surface area contributed by atoms with Gasteiger partial charge in [0.15, 0.2) is 0 Å². The number of esters is 2. The first-order valence-corrected chi connectivity index (χ1v) is 10.2. The molecule has 2 rings (SSSR count).